The van der Waals surface area contributed by atoms with Crippen LogP contribution in [0.1, 0.15) is 16.1 Å². The molecule has 0 bridgehead atoms. The highest BCUT2D eigenvalue weighted by atomic mass is 19.2. The molecule has 0 saturated carbocycles. The van der Waals surface area contributed by atoms with Crippen molar-refractivity contribution in [1.82, 2.24) is 14.8 Å². The van der Waals surface area contributed by atoms with Gasteiger partial charge in [-0.1, -0.05) is 0 Å². The topological polar surface area (TPSA) is 73.0 Å². The van der Waals surface area contributed by atoms with E-state index in [1.165, 1.54) is 17.0 Å². The number of nitrogens with one attached hydrogen (secondary N) is 1. The Kier molecular flexibility index (Phi) is 4.14. The molecule has 6 nitrogen and oxygen atoms in total. The van der Waals surface area contributed by atoms with Crippen LogP contribution in [0.25, 0.3) is 22.5 Å². The van der Waals surface area contributed by atoms with Gasteiger partial charge >= 0.3 is 0 Å². The van der Waals surface area contributed by atoms with Crippen LogP contribution in [0.2, 0.25) is 0 Å². The molecule has 4 aromatic rings. The van der Waals surface area contributed by atoms with E-state index in [0.29, 0.717) is 28.2 Å². The van der Waals surface area contributed by atoms with Gasteiger partial charge in [-0.05, 0) is 37.3 Å². The van der Waals surface area contributed by atoms with Crippen LogP contribution < -0.4 is 5.32 Å². The Hall–Kier alpha value is -3.62. The molecule has 0 spiro atoms. The number of rotatable bonds is 3. The van der Waals surface area contributed by atoms with Crippen molar-refractivity contribution in [3.8, 4) is 11.5 Å². The Morgan fingerprint density at radius 3 is 2.68 bits per heavy atom. The average molecular weight is 386 g/mol. The Labute approximate surface area is 156 Å². The van der Waals surface area contributed by atoms with Crippen molar-refractivity contribution in [1.29, 1.82) is 0 Å². The van der Waals surface area contributed by atoms with Crippen LogP contribution in [0.3, 0.4) is 0 Å². The van der Waals surface area contributed by atoms with Crippen LogP contribution in [0.4, 0.5) is 18.9 Å². The number of benzene rings is 1. The molecule has 1 aromatic carbocycles. The molecule has 1 N–H and O–H groups in total. The number of hydrogen-bond acceptors (Lipinski definition) is 4. The summed E-state index contributed by atoms with van der Waals surface area (Å²) in [5.41, 5.74) is 0.992. The van der Waals surface area contributed by atoms with E-state index in [1.54, 1.807) is 26.1 Å². The van der Waals surface area contributed by atoms with Crippen LogP contribution in [-0.4, -0.2) is 20.7 Å². The molecule has 1 amide bonds. The molecule has 0 aliphatic heterocycles. The highest BCUT2D eigenvalue weighted by Crippen LogP contribution is 2.28. The summed E-state index contributed by atoms with van der Waals surface area (Å²) in [6.45, 7) is 1.70. The Bertz CT molecular complexity index is 1220. The zero-order chi connectivity index (χ0) is 20.0. The van der Waals surface area contributed by atoms with Gasteiger partial charge in [0.25, 0.3) is 5.91 Å². The first-order valence-corrected chi connectivity index (χ1v) is 8.20. The first-order chi connectivity index (χ1) is 13.4. The minimum absolute atomic E-state index is 0.145. The number of aryl methyl sites for hydroxylation is 2. The lowest BCUT2D eigenvalue weighted by Crippen LogP contribution is -2.15. The molecule has 28 heavy (non-hydrogen) atoms. The molecule has 3 aromatic heterocycles. The van der Waals surface area contributed by atoms with E-state index in [4.69, 9.17) is 4.42 Å². The predicted octanol–water partition coefficient (Wildman–Crippen LogP) is 4.21. The number of carbonyl (C=O) groups is 1. The van der Waals surface area contributed by atoms with Gasteiger partial charge < -0.3 is 9.73 Å². The summed E-state index contributed by atoms with van der Waals surface area (Å²) in [7, 11) is 1.67. The van der Waals surface area contributed by atoms with E-state index >= 15 is 0 Å². The summed E-state index contributed by atoms with van der Waals surface area (Å²) in [5.74, 6) is -4.78. The highest BCUT2D eigenvalue weighted by molar-refractivity contribution is 6.13. The molecular weight excluding hydrogens is 373 g/mol. The second kappa shape index (κ2) is 6.52. The van der Waals surface area contributed by atoms with Crippen molar-refractivity contribution < 1.29 is 22.4 Å². The lowest BCUT2D eigenvalue weighted by atomic mass is 10.1. The van der Waals surface area contributed by atoms with E-state index in [0.717, 1.165) is 12.1 Å². The molecule has 4 rings (SSSR count). The smallest absolute Gasteiger partial charge is 0.256 e. The molecule has 0 aliphatic rings. The molecule has 0 radical (unpaired) electrons. The Balaban J connectivity index is 1.85. The number of fused-ring (bicyclic) bond motifs is 1. The van der Waals surface area contributed by atoms with Crippen LogP contribution in [-0.2, 0) is 7.05 Å². The molecule has 9 heteroatoms. The van der Waals surface area contributed by atoms with E-state index in [2.05, 4.69) is 15.4 Å². The van der Waals surface area contributed by atoms with Gasteiger partial charge in [0.15, 0.2) is 28.9 Å². The fourth-order valence-corrected chi connectivity index (χ4v) is 2.99. The maximum absolute atomic E-state index is 14.0. The normalized spacial score (nSPS) is 11.2. The van der Waals surface area contributed by atoms with Crippen LogP contribution >= 0.6 is 0 Å². The third-order valence-corrected chi connectivity index (χ3v) is 4.27. The second-order valence-corrected chi connectivity index (χ2v) is 6.12. The van der Waals surface area contributed by atoms with Crippen molar-refractivity contribution in [2.75, 3.05) is 5.32 Å². The predicted molar refractivity (Wildman–Crippen MR) is 95.2 cm³/mol. The van der Waals surface area contributed by atoms with Gasteiger partial charge in [-0.15, -0.1) is 0 Å². The molecule has 3 heterocycles. The maximum atomic E-state index is 14.0. The highest BCUT2D eigenvalue weighted by Gasteiger charge is 2.22. The van der Waals surface area contributed by atoms with Gasteiger partial charge in [-0.2, -0.15) is 5.10 Å². The van der Waals surface area contributed by atoms with Crippen molar-refractivity contribution >= 4 is 22.6 Å². The van der Waals surface area contributed by atoms with E-state index in [1.807, 2.05) is 0 Å². The minimum Gasteiger partial charge on any atom is -0.463 e. The lowest BCUT2D eigenvalue weighted by Gasteiger charge is -2.10. The number of aromatic nitrogens is 3. The number of furan rings is 1. The lowest BCUT2D eigenvalue weighted by molar-refractivity contribution is 0.102. The average Bonchev–Trinajstić information content (AvgIpc) is 3.30. The van der Waals surface area contributed by atoms with Crippen molar-refractivity contribution in [2.24, 2.45) is 7.05 Å². The summed E-state index contributed by atoms with van der Waals surface area (Å²) in [6, 6.07) is 6.51. The first-order valence-electron chi connectivity index (χ1n) is 8.20. The Morgan fingerprint density at radius 1 is 1.18 bits per heavy atom. The van der Waals surface area contributed by atoms with Gasteiger partial charge in [0.2, 0.25) is 0 Å². The molecule has 0 unspecified atom stereocenters. The molecule has 0 fully saturated rings. The third kappa shape index (κ3) is 2.81. The van der Waals surface area contributed by atoms with E-state index in [-0.39, 0.29) is 5.56 Å². The summed E-state index contributed by atoms with van der Waals surface area (Å²) >= 11 is 0. The number of amides is 1. The minimum atomic E-state index is -1.66. The molecule has 0 saturated heterocycles. The maximum Gasteiger partial charge on any atom is 0.256 e. The van der Waals surface area contributed by atoms with Gasteiger partial charge in [0.1, 0.15) is 5.69 Å². The fraction of sp³-hybridized carbons (Fsp3) is 0.105. The number of halogens is 3. The second-order valence-electron chi connectivity index (χ2n) is 6.12. The molecular formula is C19H13F3N4O2. The fourth-order valence-electron chi connectivity index (χ4n) is 2.99. The monoisotopic (exact) mass is 386 g/mol. The van der Waals surface area contributed by atoms with E-state index in [9.17, 15) is 18.0 Å². The van der Waals surface area contributed by atoms with Crippen LogP contribution in [0.15, 0.2) is 41.0 Å². The van der Waals surface area contributed by atoms with E-state index < -0.39 is 29.0 Å². The number of hydrogen-bond donors (Lipinski definition) is 1. The van der Waals surface area contributed by atoms with Crippen molar-refractivity contribution in [3.05, 3.63) is 65.3 Å². The standard InChI is InChI=1S/C19H13F3N4O2/c1-9-15-10(19(27)24-12-6-5-11(20)16(21)17(12)22)8-13(14-4-3-7-28-14)23-18(15)26(2)25-9/h3-8H,1-2H3,(H,24,27). The SMILES string of the molecule is Cc1nn(C)c2nc(-c3ccco3)cc(C(=O)Nc3ccc(F)c(F)c3F)c12. The number of nitrogens with zero attached hydrogens (tertiary/aromatic N) is 3. The van der Waals surface area contributed by atoms with Gasteiger partial charge in [-0.3, -0.25) is 9.48 Å². The summed E-state index contributed by atoms with van der Waals surface area (Å²) in [6.07, 6.45) is 1.46. The molecule has 0 atom stereocenters. The van der Waals surface area contributed by atoms with Crippen molar-refractivity contribution in [3.63, 3.8) is 0 Å². The Morgan fingerprint density at radius 2 is 1.96 bits per heavy atom. The van der Waals surface area contributed by atoms with Gasteiger partial charge in [-0.25, -0.2) is 18.2 Å². The first kappa shape index (κ1) is 17.8. The molecule has 142 valence electrons. The third-order valence-electron chi connectivity index (χ3n) is 4.27. The summed E-state index contributed by atoms with van der Waals surface area (Å²) in [4.78, 5) is 17.3. The number of carbonyl (C=O) groups excluding carboxylic acids is 1. The van der Waals surface area contributed by atoms with Crippen LogP contribution in [0, 0.1) is 24.4 Å². The number of anilines is 1. The largest absolute Gasteiger partial charge is 0.463 e. The zero-order valence-corrected chi connectivity index (χ0v) is 14.8. The van der Waals surface area contributed by atoms with Crippen molar-refractivity contribution in [2.45, 2.75) is 6.92 Å². The quantitative estimate of drug-likeness (QED) is 0.536. The summed E-state index contributed by atoms with van der Waals surface area (Å²) in [5, 5.41) is 7.00. The number of pyridine rings is 1. The summed E-state index contributed by atoms with van der Waals surface area (Å²) < 4.78 is 47.4. The zero-order valence-electron chi connectivity index (χ0n) is 14.8. The van der Waals surface area contributed by atoms with Crippen LogP contribution in [0.5, 0.6) is 0 Å². The van der Waals surface area contributed by atoms with Gasteiger partial charge in [0, 0.05) is 7.05 Å². The molecule has 0 aliphatic carbocycles. The van der Waals surface area contributed by atoms with Gasteiger partial charge in [0.05, 0.1) is 28.6 Å².